The third kappa shape index (κ3) is 4.11. The molecule has 6 nitrogen and oxygen atoms in total. The fourth-order valence-corrected chi connectivity index (χ4v) is 1.63. The molecule has 106 valence electrons. The number of carboxylic acid groups (broad SMARTS) is 1. The minimum absolute atomic E-state index is 0. The number of carboxylic acids is 1. The first kappa shape index (κ1) is 17.2. The van der Waals surface area contributed by atoms with Gasteiger partial charge in [0.05, 0.1) is 13.5 Å². The van der Waals surface area contributed by atoms with Crippen LogP contribution < -0.4 is 5.73 Å². The first-order valence-electron chi connectivity index (χ1n) is 5.26. The lowest BCUT2D eigenvalue weighted by Crippen LogP contribution is -2.17. The number of hydrogen-bond donors (Lipinski definition) is 3. The van der Waals surface area contributed by atoms with Gasteiger partial charge in [0.15, 0.2) is 0 Å². The van der Waals surface area contributed by atoms with E-state index in [0.717, 1.165) is 0 Å². The van der Waals surface area contributed by atoms with Gasteiger partial charge in [-0.1, -0.05) is 6.07 Å². The van der Waals surface area contributed by atoms with Crippen molar-refractivity contribution in [3.8, 4) is 5.75 Å². The number of aromatic hydroxyl groups is 1. The van der Waals surface area contributed by atoms with E-state index in [1.165, 1.54) is 13.2 Å². The molecule has 0 heterocycles. The fourth-order valence-electron chi connectivity index (χ4n) is 1.63. The van der Waals surface area contributed by atoms with E-state index >= 15 is 0 Å². The van der Waals surface area contributed by atoms with Crippen molar-refractivity contribution in [1.82, 2.24) is 0 Å². The van der Waals surface area contributed by atoms with E-state index < -0.39 is 23.7 Å². The predicted octanol–water partition coefficient (Wildman–Crippen LogP) is 1.38. The van der Waals surface area contributed by atoms with Crippen molar-refractivity contribution in [2.45, 2.75) is 19.4 Å². The summed E-state index contributed by atoms with van der Waals surface area (Å²) in [5.74, 6) is -2.19. The van der Waals surface area contributed by atoms with Crippen molar-refractivity contribution in [3.05, 3.63) is 28.8 Å². The largest absolute Gasteiger partial charge is 0.507 e. The van der Waals surface area contributed by atoms with Gasteiger partial charge in [0.25, 0.3) is 0 Å². The zero-order valence-electron chi connectivity index (χ0n) is 10.5. The van der Waals surface area contributed by atoms with Gasteiger partial charge in [0, 0.05) is 11.6 Å². The average Bonchev–Trinajstić information content (AvgIpc) is 2.30. The molecular weight excluding hydrogens is 274 g/mol. The number of esters is 1. The summed E-state index contributed by atoms with van der Waals surface area (Å²) < 4.78 is 4.47. The molecule has 1 rings (SSSR count). The van der Waals surface area contributed by atoms with Crippen LogP contribution in [0.15, 0.2) is 12.1 Å². The maximum Gasteiger partial charge on any atom is 0.339 e. The summed E-state index contributed by atoms with van der Waals surface area (Å²) in [6.45, 7) is 1.68. The number of aromatic carboxylic acids is 1. The molecule has 0 aliphatic carbocycles. The molecule has 0 fully saturated rings. The van der Waals surface area contributed by atoms with Gasteiger partial charge >= 0.3 is 11.9 Å². The molecule has 0 bridgehead atoms. The summed E-state index contributed by atoms with van der Waals surface area (Å²) >= 11 is 0. The topological polar surface area (TPSA) is 110 Å². The van der Waals surface area contributed by atoms with Crippen LogP contribution in [0.3, 0.4) is 0 Å². The Hall–Kier alpha value is -1.79. The van der Waals surface area contributed by atoms with Gasteiger partial charge < -0.3 is 20.7 Å². The molecule has 0 aliphatic heterocycles. The Bertz CT molecular complexity index is 489. The molecule has 0 saturated carbocycles. The zero-order valence-corrected chi connectivity index (χ0v) is 11.4. The molecule has 1 atom stereocenters. The lowest BCUT2D eigenvalue weighted by atomic mass is 9.97. The molecule has 0 aromatic heterocycles. The van der Waals surface area contributed by atoms with Gasteiger partial charge in [-0.3, -0.25) is 4.79 Å². The van der Waals surface area contributed by atoms with E-state index in [1.807, 2.05) is 0 Å². The molecule has 7 heteroatoms. The molecule has 0 radical (unpaired) electrons. The third-order valence-corrected chi connectivity index (χ3v) is 2.53. The van der Waals surface area contributed by atoms with Gasteiger partial charge in [-0.25, -0.2) is 4.79 Å². The van der Waals surface area contributed by atoms with Crippen LogP contribution in [0.1, 0.15) is 33.9 Å². The van der Waals surface area contributed by atoms with Gasteiger partial charge in [0.1, 0.15) is 11.3 Å². The standard InChI is InChI=1S/C12H15NO5.ClH/c1-6-3-7(9(13)5-10(14)18-2)11(15)8(4-6)12(16)17;/h3-4,9,15H,5,13H2,1-2H3,(H,16,17);1H/t9-;/m0./s1. The second-order valence-corrected chi connectivity index (χ2v) is 3.94. The summed E-state index contributed by atoms with van der Waals surface area (Å²) in [6, 6.07) is 2.08. The number of nitrogens with two attached hydrogens (primary N) is 1. The molecule has 0 unspecified atom stereocenters. The van der Waals surface area contributed by atoms with Crippen LogP contribution in [0.4, 0.5) is 0 Å². The average molecular weight is 290 g/mol. The van der Waals surface area contributed by atoms with E-state index in [-0.39, 0.29) is 30.0 Å². The van der Waals surface area contributed by atoms with Crippen LogP contribution in [0.2, 0.25) is 0 Å². The highest BCUT2D eigenvalue weighted by atomic mass is 35.5. The van der Waals surface area contributed by atoms with Gasteiger partial charge in [-0.2, -0.15) is 0 Å². The molecule has 4 N–H and O–H groups in total. The maximum absolute atomic E-state index is 11.1. The smallest absolute Gasteiger partial charge is 0.339 e. The summed E-state index contributed by atoms with van der Waals surface area (Å²) in [5.41, 5.74) is 6.38. The van der Waals surface area contributed by atoms with Gasteiger partial charge in [0.2, 0.25) is 0 Å². The van der Waals surface area contributed by atoms with Gasteiger partial charge in [-0.05, 0) is 18.6 Å². The highest BCUT2D eigenvalue weighted by Crippen LogP contribution is 2.30. The van der Waals surface area contributed by atoms with Crippen LogP contribution in [-0.2, 0) is 9.53 Å². The number of hydrogen-bond acceptors (Lipinski definition) is 5. The third-order valence-electron chi connectivity index (χ3n) is 2.53. The predicted molar refractivity (Wildman–Crippen MR) is 70.6 cm³/mol. The molecule has 0 amide bonds. The van der Waals surface area contributed by atoms with Crippen molar-refractivity contribution in [3.63, 3.8) is 0 Å². The van der Waals surface area contributed by atoms with E-state index in [2.05, 4.69) is 4.74 Å². The number of carbonyl (C=O) groups is 2. The quantitative estimate of drug-likeness (QED) is 0.722. The highest BCUT2D eigenvalue weighted by Gasteiger charge is 2.20. The first-order valence-corrected chi connectivity index (χ1v) is 5.26. The summed E-state index contributed by atoms with van der Waals surface area (Å²) in [6.07, 6.45) is -0.132. The number of carbonyl (C=O) groups excluding carboxylic acids is 1. The Morgan fingerprint density at radius 1 is 1.42 bits per heavy atom. The normalized spacial score (nSPS) is 11.3. The van der Waals surface area contributed by atoms with Crippen LogP contribution in [0.5, 0.6) is 5.75 Å². The number of benzene rings is 1. The molecule has 0 spiro atoms. The number of ether oxygens (including phenoxy) is 1. The number of halogens is 1. The minimum Gasteiger partial charge on any atom is -0.507 e. The van der Waals surface area contributed by atoms with E-state index in [1.54, 1.807) is 13.0 Å². The number of methoxy groups -OCH3 is 1. The zero-order chi connectivity index (χ0) is 13.9. The second kappa shape index (κ2) is 6.96. The Kier molecular flexibility index (Phi) is 6.31. The number of rotatable bonds is 4. The Morgan fingerprint density at radius 3 is 2.47 bits per heavy atom. The summed E-state index contributed by atoms with van der Waals surface area (Å²) in [5, 5.41) is 18.8. The number of phenols is 1. The Balaban J connectivity index is 0.00000324. The van der Waals surface area contributed by atoms with Crippen LogP contribution >= 0.6 is 12.4 Å². The molecule has 1 aromatic carbocycles. The van der Waals surface area contributed by atoms with Gasteiger partial charge in [-0.15, -0.1) is 12.4 Å². The first-order chi connectivity index (χ1) is 8.36. The fraction of sp³-hybridized carbons (Fsp3) is 0.333. The van der Waals surface area contributed by atoms with Crippen molar-refractivity contribution in [2.75, 3.05) is 7.11 Å². The molecule has 0 saturated heterocycles. The van der Waals surface area contributed by atoms with Crippen LogP contribution in [-0.4, -0.2) is 29.3 Å². The lowest BCUT2D eigenvalue weighted by Gasteiger charge is -2.15. The van der Waals surface area contributed by atoms with Crippen molar-refractivity contribution in [1.29, 1.82) is 0 Å². The van der Waals surface area contributed by atoms with Crippen molar-refractivity contribution in [2.24, 2.45) is 5.73 Å². The number of aryl methyl sites for hydroxylation is 1. The monoisotopic (exact) mass is 289 g/mol. The SMILES string of the molecule is COC(=O)C[C@H](N)c1cc(C)cc(C(=O)O)c1O.Cl. The van der Waals surface area contributed by atoms with Crippen LogP contribution in [0, 0.1) is 6.92 Å². The Labute approximate surface area is 116 Å². The summed E-state index contributed by atoms with van der Waals surface area (Å²) in [7, 11) is 1.23. The van der Waals surface area contributed by atoms with E-state index in [4.69, 9.17) is 10.8 Å². The van der Waals surface area contributed by atoms with Crippen LogP contribution in [0.25, 0.3) is 0 Å². The molecule has 19 heavy (non-hydrogen) atoms. The Morgan fingerprint density at radius 2 is 2.00 bits per heavy atom. The molecule has 1 aromatic rings. The second-order valence-electron chi connectivity index (χ2n) is 3.94. The van der Waals surface area contributed by atoms with Crippen molar-refractivity contribution < 1.29 is 24.5 Å². The summed E-state index contributed by atoms with van der Waals surface area (Å²) in [4.78, 5) is 22.0. The molecule has 0 aliphatic rings. The van der Waals surface area contributed by atoms with Crippen molar-refractivity contribution >= 4 is 24.3 Å². The molecular formula is C12H16ClNO5. The lowest BCUT2D eigenvalue weighted by molar-refractivity contribution is -0.141. The highest BCUT2D eigenvalue weighted by molar-refractivity contribution is 5.91. The maximum atomic E-state index is 11.1. The van der Waals surface area contributed by atoms with E-state index in [0.29, 0.717) is 5.56 Å². The van der Waals surface area contributed by atoms with E-state index in [9.17, 15) is 14.7 Å². The minimum atomic E-state index is -1.25.